The van der Waals surface area contributed by atoms with Gasteiger partial charge in [-0.2, -0.15) is 0 Å². The molecule has 4 rings (SSSR count). The number of carbonyl (C=O) groups excluding carboxylic acids is 1. The van der Waals surface area contributed by atoms with Gasteiger partial charge in [-0.05, 0) is 56.0 Å². The number of para-hydroxylation sites is 1. The Morgan fingerprint density at radius 3 is 2.75 bits per heavy atom. The highest BCUT2D eigenvalue weighted by molar-refractivity contribution is 7.90. The number of unbranched alkanes of at least 4 members (excludes halogenated alkanes) is 1. The van der Waals surface area contributed by atoms with Crippen molar-refractivity contribution in [3.63, 3.8) is 0 Å². The number of benzene rings is 2. The summed E-state index contributed by atoms with van der Waals surface area (Å²) >= 11 is 0. The number of nitrogens with zero attached hydrogens (tertiary/aromatic N) is 1. The van der Waals surface area contributed by atoms with Crippen molar-refractivity contribution in [2.45, 2.75) is 36.7 Å². The number of rotatable bonds is 7. The maximum Gasteiger partial charge on any atom is 0.269 e. The summed E-state index contributed by atoms with van der Waals surface area (Å²) in [5, 5.41) is 3.38. The van der Waals surface area contributed by atoms with Gasteiger partial charge in [0.15, 0.2) is 0 Å². The van der Waals surface area contributed by atoms with Gasteiger partial charge >= 0.3 is 0 Å². The number of fused-ring (bicyclic) bond motifs is 2. The molecule has 148 valence electrons. The molecule has 0 saturated carbocycles. The molecule has 1 atom stereocenters. The minimum Gasteiger partial charge on any atom is -0.489 e. The highest BCUT2D eigenvalue weighted by Crippen LogP contribution is 2.30. The second kappa shape index (κ2) is 7.93. The van der Waals surface area contributed by atoms with Gasteiger partial charge in [-0.15, -0.1) is 0 Å². The van der Waals surface area contributed by atoms with Gasteiger partial charge in [-0.3, -0.25) is 4.79 Å². The molecule has 2 aliphatic rings. The van der Waals surface area contributed by atoms with E-state index in [1.807, 2.05) is 18.2 Å². The molecule has 2 aromatic rings. The van der Waals surface area contributed by atoms with Gasteiger partial charge in [-0.25, -0.2) is 12.7 Å². The van der Waals surface area contributed by atoms with Crippen LogP contribution in [0.15, 0.2) is 53.4 Å². The molecule has 0 spiro atoms. The molecule has 0 aromatic heterocycles. The Morgan fingerprint density at radius 2 is 1.89 bits per heavy atom. The standard InChI is InChI=1S/C21H24N2O4S/c24-21-18-8-2-4-10-20(18)28(25,26)23(21)14-6-5-13-22-15-17-12-11-16-7-1-3-9-19(16)27-17/h1-4,7-10,17,22H,5-6,11-15H2/t17-/m1/s1/i11+2. The number of nitrogens with one attached hydrogen (secondary N) is 1. The average molecular weight is 402 g/mol. The maximum absolute atomic E-state index is 12.5. The number of sulfonamides is 1. The highest BCUT2D eigenvalue weighted by atomic mass is 32.2. The van der Waals surface area contributed by atoms with Gasteiger partial charge in [0.2, 0.25) is 0 Å². The Kier molecular flexibility index (Phi) is 5.37. The fourth-order valence-electron chi connectivity index (χ4n) is 3.74. The van der Waals surface area contributed by atoms with Crippen molar-refractivity contribution in [1.82, 2.24) is 9.62 Å². The quantitative estimate of drug-likeness (QED) is 0.721. The van der Waals surface area contributed by atoms with Crippen molar-refractivity contribution in [3.05, 3.63) is 59.7 Å². The van der Waals surface area contributed by atoms with Gasteiger partial charge in [-0.1, -0.05) is 30.3 Å². The smallest absolute Gasteiger partial charge is 0.269 e. The predicted octanol–water partition coefficient (Wildman–Crippen LogP) is 2.59. The van der Waals surface area contributed by atoms with E-state index >= 15 is 0 Å². The third-order valence-electron chi connectivity index (χ3n) is 5.25. The second-order valence-electron chi connectivity index (χ2n) is 7.18. The van der Waals surface area contributed by atoms with E-state index in [0.717, 1.165) is 42.4 Å². The summed E-state index contributed by atoms with van der Waals surface area (Å²) in [4.78, 5) is 12.5. The fourth-order valence-corrected chi connectivity index (χ4v) is 5.35. The summed E-state index contributed by atoms with van der Waals surface area (Å²) in [5.74, 6) is 0.552. The minimum absolute atomic E-state index is 0.118. The topological polar surface area (TPSA) is 75.7 Å². The molecule has 2 aliphatic heterocycles. The Balaban J connectivity index is 1.20. The summed E-state index contributed by atoms with van der Waals surface area (Å²) in [6.45, 7) is 1.74. The van der Waals surface area contributed by atoms with Crippen LogP contribution in [0.2, 0.25) is 0 Å². The first-order chi connectivity index (χ1) is 13.6. The van der Waals surface area contributed by atoms with E-state index in [2.05, 4.69) is 11.4 Å². The Hall–Kier alpha value is -2.38. The van der Waals surface area contributed by atoms with Gasteiger partial charge < -0.3 is 10.1 Å². The summed E-state index contributed by atoms with van der Waals surface area (Å²) in [6, 6.07) is 14.5. The van der Waals surface area contributed by atoms with Gasteiger partial charge in [0, 0.05) is 13.1 Å². The zero-order valence-corrected chi connectivity index (χ0v) is 16.5. The third kappa shape index (κ3) is 3.64. The van der Waals surface area contributed by atoms with Gasteiger partial charge in [0.1, 0.15) is 16.7 Å². The number of hydrogen-bond acceptors (Lipinski definition) is 5. The summed E-state index contributed by atoms with van der Waals surface area (Å²) < 4.78 is 32.0. The lowest BCUT2D eigenvalue weighted by Gasteiger charge is -2.26. The van der Waals surface area contributed by atoms with E-state index in [1.54, 1.807) is 18.2 Å². The van der Waals surface area contributed by atoms with Crippen LogP contribution >= 0.6 is 0 Å². The van der Waals surface area contributed by atoms with Crippen molar-refractivity contribution < 1.29 is 17.9 Å². The third-order valence-corrected chi connectivity index (χ3v) is 7.09. The van der Waals surface area contributed by atoms with Crippen LogP contribution < -0.4 is 10.1 Å². The van der Waals surface area contributed by atoms with E-state index < -0.39 is 15.9 Å². The molecule has 2 heterocycles. The number of amides is 1. The SMILES string of the molecule is O=C1c2ccccc2S(=O)(=O)N1CCCCNC[C@H]1C[14CH2]c2ccccc2O1. The molecule has 7 heteroatoms. The van der Waals surface area contributed by atoms with E-state index in [4.69, 9.17) is 4.74 Å². The summed E-state index contributed by atoms with van der Waals surface area (Å²) in [5.41, 5.74) is 1.53. The number of carbonyl (C=O) groups is 1. The van der Waals surface area contributed by atoms with E-state index in [0.29, 0.717) is 6.42 Å². The first-order valence-corrected chi connectivity index (χ1v) is 11.1. The minimum atomic E-state index is -3.69. The van der Waals surface area contributed by atoms with Gasteiger partial charge in [0.25, 0.3) is 15.9 Å². The first-order valence-electron chi connectivity index (χ1n) is 9.69. The van der Waals surface area contributed by atoms with E-state index in [1.165, 1.54) is 11.6 Å². The number of aryl methyl sites for hydroxylation is 1. The highest BCUT2D eigenvalue weighted by Gasteiger charge is 2.40. The first kappa shape index (κ1) is 19.0. The van der Waals surface area contributed by atoms with E-state index in [-0.39, 0.29) is 23.1 Å². The van der Waals surface area contributed by atoms with Crippen LogP contribution in [0, 0.1) is 0 Å². The molecule has 0 aliphatic carbocycles. The lowest BCUT2D eigenvalue weighted by atomic mass is 10.2. The van der Waals surface area contributed by atoms with Crippen molar-refractivity contribution in [2.75, 3.05) is 19.6 Å². The molecular weight excluding hydrogens is 378 g/mol. The molecule has 6 nitrogen and oxygen atoms in total. The second-order valence-corrected chi connectivity index (χ2v) is 9.01. The fraction of sp³-hybridized carbons (Fsp3) is 0.381. The van der Waals surface area contributed by atoms with Crippen LogP contribution in [0.5, 0.6) is 5.75 Å². The zero-order chi connectivity index (χ0) is 19.6. The van der Waals surface area contributed by atoms with Crippen molar-refractivity contribution in [1.29, 1.82) is 0 Å². The van der Waals surface area contributed by atoms with Crippen LogP contribution in [0.1, 0.15) is 35.2 Å². The van der Waals surface area contributed by atoms with Crippen LogP contribution in [-0.2, 0) is 16.4 Å². The molecule has 1 amide bonds. The molecule has 0 unspecified atom stereocenters. The van der Waals surface area contributed by atoms with Crippen LogP contribution in [0.3, 0.4) is 0 Å². The van der Waals surface area contributed by atoms with Crippen LogP contribution in [-0.4, -0.2) is 44.4 Å². The Bertz CT molecular complexity index is 974. The summed E-state index contributed by atoms with van der Waals surface area (Å²) in [7, 11) is -3.69. The van der Waals surface area contributed by atoms with Gasteiger partial charge in [0.05, 0.1) is 5.56 Å². The van der Waals surface area contributed by atoms with Crippen molar-refractivity contribution in [3.8, 4) is 5.75 Å². The molecule has 0 bridgehead atoms. The van der Waals surface area contributed by atoms with E-state index in [9.17, 15) is 13.2 Å². The summed E-state index contributed by atoms with van der Waals surface area (Å²) in [6.07, 6.45) is 3.59. The maximum atomic E-state index is 12.5. The normalized spacial score (nSPS) is 19.8. The predicted molar refractivity (Wildman–Crippen MR) is 106 cm³/mol. The molecule has 28 heavy (non-hydrogen) atoms. The molecule has 2 aromatic carbocycles. The zero-order valence-electron chi connectivity index (χ0n) is 15.6. The molecular formula is C21H24N2O4S. The molecule has 0 radical (unpaired) electrons. The Morgan fingerprint density at radius 1 is 1.11 bits per heavy atom. The average Bonchev–Trinajstić information content (AvgIpc) is 2.91. The van der Waals surface area contributed by atoms with Crippen LogP contribution in [0.4, 0.5) is 0 Å². The van der Waals surface area contributed by atoms with Crippen molar-refractivity contribution >= 4 is 15.9 Å². The molecule has 0 saturated heterocycles. The van der Waals surface area contributed by atoms with Crippen LogP contribution in [0.25, 0.3) is 0 Å². The lowest BCUT2D eigenvalue weighted by Crippen LogP contribution is -2.35. The Labute approximate surface area is 165 Å². The molecule has 0 fully saturated rings. The largest absolute Gasteiger partial charge is 0.489 e. The molecule has 1 N–H and O–H groups in total. The number of ether oxygens (including phenoxy) is 1. The monoisotopic (exact) mass is 402 g/mol. The van der Waals surface area contributed by atoms with Crippen molar-refractivity contribution in [2.24, 2.45) is 0 Å². The number of hydrogen-bond donors (Lipinski definition) is 1. The lowest BCUT2D eigenvalue weighted by molar-refractivity contribution is 0.0869.